The number of aryl methyl sites for hydroxylation is 1. The lowest BCUT2D eigenvalue weighted by molar-refractivity contribution is -0.137. The smallest absolute Gasteiger partial charge is 0.322 e. The van der Waals surface area contributed by atoms with Gasteiger partial charge in [-0.25, -0.2) is 0 Å². The summed E-state index contributed by atoms with van der Waals surface area (Å²) in [7, 11) is 1.62. The molecule has 106 valence electrons. The Bertz CT molecular complexity index is 633. The van der Waals surface area contributed by atoms with Crippen LogP contribution in [0.1, 0.15) is 6.42 Å². The third kappa shape index (κ3) is 3.28. The minimum atomic E-state index is -1.04. The highest BCUT2D eigenvalue weighted by atomic mass is 16.5. The average molecular weight is 276 g/mol. The Kier molecular flexibility index (Phi) is 4.24. The van der Waals surface area contributed by atoms with E-state index in [1.165, 1.54) is 0 Å². The van der Waals surface area contributed by atoms with Gasteiger partial charge in [0, 0.05) is 30.1 Å². The topological polar surface area (TPSA) is 80.6 Å². The van der Waals surface area contributed by atoms with Gasteiger partial charge in [-0.2, -0.15) is 0 Å². The van der Waals surface area contributed by atoms with Crippen molar-refractivity contribution in [1.82, 2.24) is 9.88 Å². The number of carboxylic acids is 1. The Hall–Kier alpha value is -2.50. The molecule has 6 nitrogen and oxygen atoms in total. The van der Waals surface area contributed by atoms with E-state index < -0.39 is 5.97 Å². The largest absolute Gasteiger partial charge is 0.497 e. The molecular formula is C14H16N2O4. The Morgan fingerprint density at radius 1 is 1.35 bits per heavy atom. The summed E-state index contributed by atoms with van der Waals surface area (Å²) >= 11 is 0. The molecule has 0 atom stereocenters. The molecule has 0 unspecified atom stereocenters. The highest BCUT2D eigenvalue weighted by molar-refractivity contribution is 5.83. The van der Waals surface area contributed by atoms with Crippen LogP contribution in [-0.4, -0.2) is 35.2 Å². The summed E-state index contributed by atoms with van der Waals surface area (Å²) < 4.78 is 7.11. The second kappa shape index (κ2) is 6.10. The molecule has 1 amide bonds. The first-order chi connectivity index (χ1) is 9.60. The predicted molar refractivity (Wildman–Crippen MR) is 73.8 cm³/mol. The van der Waals surface area contributed by atoms with Crippen molar-refractivity contribution >= 4 is 22.8 Å². The van der Waals surface area contributed by atoms with Crippen molar-refractivity contribution in [1.29, 1.82) is 0 Å². The number of amides is 1. The van der Waals surface area contributed by atoms with Crippen LogP contribution in [0.4, 0.5) is 0 Å². The fraction of sp³-hybridized carbons (Fsp3) is 0.286. The van der Waals surface area contributed by atoms with Crippen molar-refractivity contribution in [3.63, 3.8) is 0 Å². The first kappa shape index (κ1) is 13.9. The number of fused-ring (bicyclic) bond motifs is 1. The number of nitrogens with one attached hydrogen (secondary N) is 1. The van der Waals surface area contributed by atoms with E-state index in [9.17, 15) is 9.59 Å². The summed E-state index contributed by atoms with van der Waals surface area (Å²) in [5, 5.41) is 11.8. The summed E-state index contributed by atoms with van der Waals surface area (Å²) in [5.74, 6) is -0.533. The van der Waals surface area contributed by atoms with Gasteiger partial charge in [0.1, 0.15) is 12.3 Å². The van der Waals surface area contributed by atoms with Crippen LogP contribution in [0.15, 0.2) is 30.5 Å². The van der Waals surface area contributed by atoms with Gasteiger partial charge < -0.3 is 19.7 Å². The lowest BCUT2D eigenvalue weighted by Crippen LogP contribution is -2.29. The van der Waals surface area contributed by atoms with Gasteiger partial charge in [0.05, 0.1) is 7.11 Å². The van der Waals surface area contributed by atoms with E-state index in [0.29, 0.717) is 6.54 Å². The zero-order valence-electron chi connectivity index (χ0n) is 11.1. The molecule has 0 bridgehead atoms. The maximum Gasteiger partial charge on any atom is 0.322 e. The van der Waals surface area contributed by atoms with E-state index in [4.69, 9.17) is 9.84 Å². The van der Waals surface area contributed by atoms with E-state index in [0.717, 1.165) is 16.7 Å². The third-order valence-electron chi connectivity index (χ3n) is 2.99. The maximum atomic E-state index is 11.5. The quantitative estimate of drug-likeness (QED) is 0.832. The predicted octanol–water partition coefficient (Wildman–Crippen LogP) is 1.24. The second-order valence-corrected chi connectivity index (χ2v) is 4.35. The molecule has 0 aliphatic carbocycles. The minimum absolute atomic E-state index is 0.239. The molecule has 0 fully saturated rings. The number of hydrogen-bond acceptors (Lipinski definition) is 3. The molecule has 0 radical (unpaired) electrons. The van der Waals surface area contributed by atoms with Crippen molar-refractivity contribution < 1.29 is 19.4 Å². The van der Waals surface area contributed by atoms with Crippen LogP contribution >= 0.6 is 0 Å². The van der Waals surface area contributed by atoms with Crippen LogP contribution in [0.25, 0.3) is 10.9 Å². The van der Waals surface area contributed by atoms with Crippen molar-refractivity contribution in [3.05, 3.63) is 30.5 Å². The summed E-state index contributed by atoms with van der Waals surface area (Å²) in [6.07, 6.45) is 2.14. The second-order valence-electron chi connectivity index (χ2n) is 4.35. The summed E-state index contributed by atoms with van der Waals surface area (Å²) in [6, 6.07) is 7.68. The van der Waals surface area contributed by atoms with Gasteiger partial charge in [0.2, 0.25) is 5.91 Å². The Labute approximate surface area is 116 Å². The van der Waals surface area contributed by atoms with Crippen molar-refractivity contribution in [2.45, 2.75) is 13.0 Å². The van der Waals surface area contributed by atoms with Crippen molar-refractivity contribution in [2.75, 3.05) is 13.7 Å². The number of aromatic nitrogens is 1. The molecule has 1 aromatic carbocycles. The van der Waals surface area contributed by atoms with E-state index in [-0.39, 0.29) is 18.9 Å². The van der Waals surface area contributed by atoms with E-state index in [1.54, 1.807) is 7.11 Å². The summed E-state index contributed by atoms with van der Waals surface area (Å²) in [5.41, 5.74) is 1.01. The van der Waals surface area contributed by atoms with Crippen molar-refractivity contribution in [2.24, 2.45) is 0 Å². The lowest BCUT2D eigenvalue weighted by Gasteiger charge is -2.06. The van der Waals surface area contributed by atoms with Gasteiger partial charge in [-0.3, -0.25) is 9.59 Å². The lowest BCUT2D eigenvalue weighted by atomic mass is 10.2. The molecule has 2 N–H and O–H groups in total. The summed E-state index contributed by atoms with van der Waals surface area (Å²) in [6.45, 7) is 0.156. The Morgan fingerprint density at radius 3 is 2.85 bits per heavy atom. The number of ether oxygens (including phenoxy) is 1. The number of nitrogens with zero attached hydrogens (tertiary/aromatic N) is 1. The minimum Gasteiger partial charge on any atom is -0.497 e. The monoisotopic (exact) mass is 276 g/mol. The van der Waals surface area contributed by atoms with Crippen LogP contribution in [0, 0.1) is 0 Å². The number of carbonyl (C=O) groups is 2. The van der Waals surface area contributed by atoms with Gasteiger partial charge in [-0.1, -0.05) is 0 Å². The average Bonchev–Trinajstić information content (AvgIpc) is 2.84. The fourth-order valence-corrected chi connectivity index (χ4v) is 1.98. The normalized spacial score (nSPS) is 10.4. The molecule has 0 spiro atoms. The number of benzene rings is 1. The molecular weight excluding hydrogens is 260 g/mol. The third-order valence-corrected chi connectivity index (χ3v) is 2.99. The number of methoxy groups -OCH3 is 1. The zero-order chi connectivity index (χ0) is 14.5. The number of carboxylic acid groups (broad SMARTS) is 1. The molecule has 6 heteroatoms. The molecule has 1 heterocycles. The molecule has 20 heavy (non-hydrogen) atoms. The SMILES string of the molecule is COc1ccc2c(ccn2CCC(=O)NCC(=O)O)c1. The molecule has 0 saturated carbocycles. The van der Waals surface area contributed by atoms with E-state index in [2.05, 4.69) is 5.32 Å². The first-order valence-corrected chi connectivity index (χ1v) is 6.21. The van der Waals surface area contributed by atoms with Crippen LogP contribution in [0.5, 0.6) is 5.75 Å². The van der Waals surface area contributed by atoms with Crippen LogP contribution in [-0.2, 0) is 16.1 Å². The van der Waals surface area contributed by atoms with E-state index in [1.807, 2.05) is 35.0 Å². The Balaban J connectivity index is 2.00. The van der Waals surface area contributed by atoms with Gasteiger partial charge in [0.15, 0.2) is 0 Å². The molecule has 0 saturated heterocycles. The highest BCUT2D eigenvalue weighted by Gasteiger charge is 2.06. The maximum absolute atomic E-state index is 11.5. The fourth-order valence-electron chi connectivity index (χ4n) is 1.98. The van der Waals surface area contributed by atoms with Crippen LogP contribution in [0.3, 0.4) is 0 Å². The molecule has 2 aromatic rings. The number of aliphatic carboxylic acids is 1. The van der Waals surface area contributed by atoms with Gasteiger partial charge in [-0.05, 0) is 24.3 Å². The molecule has 2 rings (SSSR count). The zero-order valence-corrected chi connectivity index (χ0v) is 11.1. The molecule has 1 aromatic heterocycles. The van der Waals surface area contributed by atoms with Gasteiger partial charge >= 0.3 is 5.97 Å². The van der Waals surface area contributed by atoms with Crippen LogP contribution in [0.2, 0.25) is 0 Å². The molecule has 0 aliphatic heterocycles. The summed E-state index contributed by atoms with van der Waals surface area (Å²) in [4.78, 5) is 21.8. The number of rotatable bonds is 6. The van der Waals surface area contributed by atoms with Gasteiger partial charge in [0.25, 0.3) is 0 Å². The Morgan fingerprint density at radius 2 is 2.15 bits per heavy atom. The van der Waals surface area contributed by atoms with Crippen molar-refractivity contribution in [3.8, 4) is 5.75 Å². The number of carbonyl (C=O) groups excluding carboxylic acids is 1. The first-order valence-electron chi connectivity index (χ1n) is 6.21. The van der Waals surface area contributed by atoms with Crippen LogP contribution < -0.4 is 10.1 Å². The van der Waals surface area contributed by atoms with E-state index >= 15 is 0 Å². The standard InChI is InChI=1S/C14H16N2O4/c1-20-11-2-3-12-10(8-11)4-6-16(12)7-5-13(17)15-9-14(18)19/h2-4,6,8H,5,7,9H2,1H3,(H,15,17)(H,18,19). The number of hydrogen-bond donors (Lipinski definition) is 2. The van der Waals surface area contributed by atoms with Gasteiger partial charge in [-0.15, -0.1) is 0 Å². The molecule has 0 aliphatic rings. The highest BCUT2D eigenvalue weighted by Crippen LogP contribution is 2.21.